The molecule has 0 aliphatic carbocycles. The van der Waals surface area contributed by atoms with E-state index in [1.54, 1.807) is 7.05 Å². The molecule has 0 saturated carbocycles. The molecule has 3 atom stereocenters. The van der Waals surface area contributed by atoms with Gasteiger partial charge in [0.2, 0.25) is 5.91 Å². The standard InChI is InChI=1S/C13H24NO3P/c1-12(2,3)13(4,5)8-9(11(16)17-18-7)14(6)10(8)15/h8-9,18H,1-7H3. The van der Waals surface area contributed by atoms with Crippen LogP contribution in [0.1, 0.15) is 34.6 Å². The van der Waals surface area contributed by atoms with Gasteiger partial charge >= 0.3 is 5.97 Å². The van der Waals surface area contributed by atoms with E-state index in [-0.39, 0.29) is 37.4 Å². The number of nitrogens with zero attached hydrogens (tertiary/aromatic N) is 1. The number of likely N-dealkylation sites (N-methyl/N-ethyl adjacent to an activating group) is 1. The normalized spacial score (nSPS) is 25.5. The van der Waals surface area contributed by atoms with Gasteiger partial charge in [-0.15, -0.1) is 0 Å². The van der Waals surface area contributed by atoms with Crippen LogP contribution < -0.4 is 0 Å². The molecule has 1 amide bonds. The van der Waals surface area contributed by atoms with Crippen LogP contribution in [0, 0.1) is 16.7 Å². The van der Waals surface area contributed by atoms with E-state index >= 15 is 0 Å². The zero-order chi connectivity index (χ0) is 14.3. The van der Waals surface area contributed by atoms with Gasteiger partial charge in [0.15, 0.2) is 0 Å². The van der Waals surface area contributed by atoms with Crippen molar-refractivity contribution >= 4 is 20.7 Å². The predicted octanol–water partition coefficient (Wildman–Crippen LogP) is 2.28. The van der Waals surface area contributed by atoms with E-state index in [4.69, 9.17) is 4.52 Å². The van der Waals surface area contributed by atoms with Gasteiger partial charge < -0.3 is 9.42 Å². The molecule has 1 aliphatic heterocycles. The molecule has 1 fully saturated rings. The van der Waals surface area contributed by atoms with Crippen molar-refractivity contribution in [1.82, 2.24) is 4.90 Å². The minimum atomic E-state index is -0.431. The van der Waals surface area contributed by atoms with Crippen molar-refractivity contribution in [2.75, 3.05) is 13.7 Å². The lowest BCUT2D eigenvalue weighted by Crippen LogP contribution is -2.68. The zero-order valence-corrected chi connectivity index (χ0v) is 13.3. The van der Waals surface area contributed by atoms with Crippen molar-refractivity contribution in [2.45, 2.75) is 40.7 Å². The molecule has 1 rings (SSSR count). The van der Waals surface area contributed by atoms with Gasteiger partial charge in [-0.25, -0.2) is 4.79 Å². The summed E-state index contributed by atoms with van der Waals surface area (Å²) >= 11 is 0. The van der Waals surface area contributed by atoms with Crippen LogP contribution in [-0.4, -0.2) is 36.5 Å². The third-order valence-electron chi connectivity index (χ3n) is 4.50. The molecule has 1 aliphatic rings. The minimum absolute atomic E-state index is 0.0383. The Balaban J connectivity index is 3.00. The topological polar surface area (TPSA) is 46.6 Å². The highest BCUT2D eigenvalue weighted by molar-refractivity contribution is 7.31. The largest absolute Gasteiger partial charge is 0.447 e. The quantitative estimate of drug-likeness (QED) is 0.585. The van der Waals surface area contributed by atoms with Crippen LogP contribution in [0.5, 0.6) is 0 Å². The zero-order valence-electron chi connectivity index (χ0n) is 12.3. The maximum absolute atomic E-state index is 12.1. The lowest BCUT2D eigenvalue weighted by Gasteiger charge is -2.54. The third kappa shape index (κ3) is 2.27. The first-order valence-corrected chi connectivity index (χ1v) is 7.60. The fraction of sp³-hybridized carbons (Fsp3) is 0.846. The summed E-state index contributed by atoms with van der Waals surface area (Å²) in [7, 11) is 1.79. The van der Waals surface area contributed by atoms with Crippen LogP contribution in [0.25, 0.3) is 0 Å². The number of rotatable bonds is 3. The fourth-order valence-corrected chi connectivity index (χ4v) is 2.58. The monoisotopic (exact) mass is 273 g/mol. The van der Waals surface area contributed by atoms with Crippen molar-refractivity contribution in [3.05, 3.63) is 0 Å². The molecule has 18 heavy (non-hydrogen) atoms. The maximum Gasteiger partial charge on any atom is 0.332 e. The van der Waals surface area contributed by atoms with Gasteiger partial charge in [-0.2, -0.15) is 0 Å². The van der Waals surface area contributed by atoms with Crippen LogP contribution in [0.3, 0.4) is 0 Å². The Morgan fingerprint density at radius 3 is 2.17 bits per heavy atom. The predicted molar refractivity (Wildman–Crippen MR) is 73.6 cm³/mol. The Morgan fingerprint density at radius 2 is 1.78 bits per heavy atom. The van der Waals surface area contributed by atoms with Crippen molar-refractivity contribution in [1.29, 1.82) is 0 Å². The molecule has 0 radical (unpaired) electrons. The van der Waals surface area contributed by atoms with E-state index in [0.717, 1.165) is 0 Å². The van der Waals surface area contributed by atoms with Crippen LogP contribution >= 0.6 is 8.81 Å². The fourth-order valence-electron chi connectivity index (χ4n) is 2.26. The highest BCUT2D eigenvalue weighted by atomic mass is 31.1. The molecule has 0 N–H and O–H groups in total. The van der Waals surface area contributed by atoms with Gasteiger partial charge in [-0.1, -0.05) is 34.6 Å². The SMILES string of the molecule is CPOC(=O)C1C(C(C)(C)C(C)(C)C)C(=O)N1C. The van der Waals surface area contributed by atoms with Crippen LogP contribution in [-0.2, 0) is 14.1 Å². The van der Waals surface area contributed by atoms with E-state index in [9.17, 15) is 9.59 Å². The number of carbonyl (C=O) groups excluding carboxylic acids is 2. The average molecular weight is 273 g/mol. The molecular formula is C13H24NO3P. The molecule has 1 heterocycles. The second-order valence-corrected chi connectivity index (χ2v) is 7.08. The molecule has 5 heteroatoms. The number of likely N-dealkylation sites (tertiary alicyclic amines) is 1. The number of carbonyl (C=O) groups is 2. The Hall–Kier alpha value is -0.630. The average Bonchev–Trinajstić information content (AvgIpc) is 2.22. The van der Waals surface area contributed by atoms with E-state index in [0.29, 0.717) is 0 Å². The second-order valence-electron chi connectivity index (χ2n) is 6.47. The maximum atomic E-state index is 12.1. The highest BCUT2D eigenvalue weighted by Crippen LogP contribution is 2.50. The number of hydrogen-bond acceptors (Lipinski definition) is 3. The van der Waals surface area contributed by atoms with Gasteiger partial charge in [-0.05, 0) is 17.5 Å². The van der Waals surface area contributed by atoms with Gasteiger partial charge in [0.05, 0.1) is 14.7 Å². The van der Waals surface area contributed by atoms with Crippen molar-refractivity contribution in [2.24, 2.45) is 16.7 Å². The van der Waals surface area contributed by atoms with E-state index in [1.807, 2.05) is 6.66 Å². The lowest BCUT2D eigenvalue weighted by atomic mass is 9.57. The Bertz CT molecular complexity index is 360. The smallest absolute Gasteiger partial charge is 0.332 e. The minimum Gasteiger partial charge on any atom is -0.447 e. The van der Waals surface area contributed by atoms with E-state index < -0.39 is 6.04 Å². The van der Waals surface area contributed by atoms with Crippen LogP contribution in [0.2, 0.25) is 0 Å². The van der Waals surface area contributed by atoms with Crippen molar-refractivity contribution in [3.63, 3.8) is 0 Å². The van der Waals surface area contributed by atoms with Gasteiger partial charge in [0, 0.05) is 7.05 Å². The summed E-state index contributed by atoms with van der Waals surface area (Å²) in [4.78, 5) is 25.6. The van der Waals surface area contributed by atoms with E-state index in [2.05, 4.69) is 34.6 Å². The molecule has 0 aromatic heterocycles. The molecule has 104 valence electrons. The number of β-lactam (4-membered cyclic amide) rings is 1. The number of amides is 1. The summed E-state index contributed by atoms with van der Waals surface area (Å²) in [6.07, 6.45) is 0. The summed E-state index contributed by atoms with van der Waals surface area (Å²) in [6, 6.07) is -0.431. The molecule has 0 spiro atoms. The summed E-state index contributed by atoms with van der Waals surface area (Å²) < 4.78 is 5.10. The third-order valence-corrected chi connectivity index (χ3v) is 4.91. The molecule has 1 saturated heterocycles. The van der Waals surface area contributed by atoms with Gasteiger partial charge in [-0.3, -0.25) is 4.79 Å². The number of hydrogen-bond donors (Lipinski definition) is 0. The van der Waals surface area contributed by atoms with Crippen LogP contribution in [0.15, 0.2) is 0 Å². The summed E-state index contributed by atoms with van der Waals surface area (Å²) in [6.45, 7) is 12.2. The summed E-state index contributed by atoms with van der Waals surface area (Å²) in [5, 5.41) is 0. The van der Waals surface area contributed by atoms with Crippen molar-refractivity contribution < 1.29 is 14.1 Å². The molecule has 0 aromatic carbocycles. The first kappa shape index (κ1) is 15.4. The molecule has 0 bridgehead atoms. The van der Waals surface area contributed by atoms with Crippen molar-refractivity contribution in [3.8, 4) is 0 Å². The molecule has 4 nitrogen and oxygen atoms in total. The molecule has 0 aromatic rings. The van der Waals surface area contributed by atoms with E-state index in [1.165, 1.54) is 4.90 Å². The van der Waals surface area contributed by atoms with Crippen LogP contribution in [0.4, 0.5) is 0 Å². The summed E-state index contributed by atoms with van der Waals surface area (Å²) in [5.41, 5.74) is -0.307. The molecule has 3 unspecified atom stereocenters. The lowest BCUT2D eigenvalue weighted by molar-refractivity contribution is -0.179. The summed E-state index contributed by atoms with van der Waals surface area (Å²) in [5.74, 6) is -0.525. The molecular weight excluding hydrogens is 249 g/mol. The first-order valence-electron chi connectivity index (χ1n) is 6.19. The Labute approximate surface area is 111 Å². The van der Waals surface area contributed by atoms with Gasteiger partial charge in [0.25, 0.3) is 0 Å². The highest BCUT2D eigenvalue weighted by Gasteiger charge is 2.59. The first-order chi connectivity index (χ1) is 8.05. The Kier molecular flexibility index (Phi) is 4.12. The Morgan fingerprint density at radius 1 is 1.28 bits per heavy atom. The second kappa shape index (κ2) is 4.80. The van der Waals surface area contributed by atoms with Gasteiger partial charge in [0.1, 0.15) is 6.04 Å².